The van der Waals surface area contributed by atoms with Crippen molar-refractivity contribution in [3.63, 3.8) is 0 Å². The quantitative estimate of drug-likeness (QED) is 0.728. The summed E-state index contributed by atoms with van der Waals surface area (Å²) < 4.78 is 24.0. The minimum atomic E-state index is -3.48. The number of nitrogens with zero attached hydrogens (tertiary/aromatic N) is 1. The third kappa shape index (κ3) is 4.68. The lowest BCUT2D eigenvalue weighted by Gasteiger charge is -2.28. The summed E-state index contributed by atoms with van der Waals surface area (Å²) in [6, 6.07) is 10.1. The molecule has 2 rings (SSSR count). The van der Waals surface area contributed by atoms with Gasteiger partial charge in [0.25, 0.3) is 0 Å². The number of rotatable bonds is 8. The largest absolute Gasteiger partial charge is 0.353 e. The Balaban J connectivity index is 2.05. The number of amides is 1. The highest BCUT2D eigenvalue weighted by atomic mass is 32.2. The molecular weight excluding hydrogens is 324 g/mol. The number of nitrogens with one attached hydrogen (secondary N) is 1. The predicted molar refractivity (Wildman–Crippen MR) is 96.4 cm³/mol. The van der Waals surface area contributed by atoms with Gasteiger partial charge in [-0.3, -0.25) is 9.69 Å². The smallest absolute Gasteiger partial charge is 0.238 e. The molecule has 2 atom stereocenters. The zero-order valence-electron chi connectivity index (χ0n) is 14.1. The molecule has 0 aromatic heterocycles. The van der Waals surface area contributed by atoms with Crippen LogP contribution in [0.1, 0.15) is 31.4 Å². The van der Waals surface area contributed by atoms with Crippen molar-refractivity contribution in [1.82, 2.24) is 10.2 Å². The Bertz CT molecular complexity index is 652. The standard InChI is InChI=1S/C18H26N2O3S/c1-3-13-24(22,23)15(2)18(21)19-14-17(20-11-7-8-12-20)16-9-5-4-6-10-16/h3-6,9-10,15,17H,1,7-8,11-14H2,2H3,(H,19,21). The third-order valence-electron chi connectivity index (χ3n) is 4.49. The molecule has 0 saturated carbocycles. The number of carbonyl (C=O) groups is 1. The summed E-state index contributed by atoms with van der Waals surface area (Å²) >= 11 is 0. The number of benzene rings is 1. The Hall–Kier alpha value is -1.66. The first-order valence-electron chi connectivity index (χ1n) is 8.35. The zero-order chi connectivity index (χ0) is 17.6. The van der Waals surface area contributed by atoms with Gasteiger partial charge in [0, 0.05) is 6.54 Å². The molecule has 0 aliphatic carbocycles. The Morgan fingerprint density at radius 3 is 2.50 bits per heavy atom. The maximum atomic E-state index is 12.3. The van der Waals surface area contributed by atoms with Gasteiger partial charge in [-0.25, -0.2) is 8.42 Å². The molecule has 2 unspecified atom stereocenters. The van der Waals surface area contributed by atoms with Gasteiger partial charge >= 0.3 is 0 Å². The second-order valence-corrected chi connectivity index (χ2v) is 8.54. The number of hydrogen-bond donors (Lipinski definition) is 1. The molecule has 1 aromatic carbocycles. The van der Waals surface area contributed by atoms with E-state index in [1.54, 1.807) is 0 Å². The van der Waals surface area contributed by atoms with E-state index in [-0.39, 0.29) is 11.8 Å². The molecule has 1 saturated heterocycles. The number of sulfone groups is 1. The SMILES string of the molecule is C=CCS(=O)(=O)C(C)C(=O)NCC(c1ccccc1)N1CCCC1. The first-order valence-corrected chi connectivity index (χ1v) is 10.1. The molecule has 1 aliphatic rings. The van der Waals surface area contributed by atoms with E-state index in [0.717, 1.165) is 31.5 Å². The molecular formula is C18H26N2O3S. The first kappa shape index (κ1) is 18.7. The van der Waals surface area contributed by atoms with Crippen LogP contribution < -0.4 is 5.32 Å². The maximum Gasteiger partial charge on any atom is 0.238 e. The highest BCUT2D eigenvalue weighted by Gasteiger charge is 2.29. The van der Waals surface area contributed by atoms with Crippen LogP contribution in [0.3, 0.4) is 0 Å². The summed E-state index contributed by atoms with van der Waals surface area (Å²) in [5, 5.41) is 1.76. The van der Waals surface area contributed by atoms with E-state index in [9.17, 15) is 13.2 Å². The molecule has 1 heterocycles. The van der Waals surface area contributed by atoms with Crippen LogP contribution in [0.25, 0.3) is 0 Å². The molecule has 24 heavy (non-hydrogen) atoms. The van der Waals surface area contributed by atoms with E-state index in [2.05, 4.69) is 16.8 Å². The van der Waals surface area contributed by atoms with E-state index >= 15 is 0 Å². The average molecular weight is 350 g/mol. The maximum absolute atomic E-state index is 12.3. The van der Waals surface area contributed by atoms with Gasteiger partial charge in [-0.05, 0) is 38.4 Å². The first-order chi connectivity index (χ1) is 11.5. The van der Waals surface area contributed by atoms with Crippen LogP contribution in [-0.2, 0) is 14.6 Å². The summed E-state index contributed by atoms with van der Waals surface area (Å²) in [4.78, 5) is 14.6. The van der Waals surface area contributed by atoms with Gasteiger partial charge in [-0.2, -0.15) is 0 Å². The van der Waals surface area contributed by atoms with Crippen LogP contribution in [0.15, 0.2) is 43.0 Å². The van der Waals surface area contributed by atoms with Crippen molar-refractivity contribution in [2.75, 3.05) is 25.4 Å². The summed E-state index contributed by atoms with van der Waals surface area (Å²) in [6.07, 6.45) is 3.62. The van der Waals surface area contributed by atoms with E-state index in [0.29, 0.717) is 6.54 Å². The van der Waals surface area contributed by atoms with E-state index in [1.807, 2.05) is 30.3 Å². The van der Waals surface area contributed by atoms with Crippen LogP contribution in [0.5, 0.6) is 0 Å². The van der Waals surface area contributed by atoms with Crippen molar-refractivity contribution in [2.45, 2.75) is 31.1 Å². The van der Waals surface area contributed by atoms with Crippen molar-refractivity contribution < 1.29 is 13.2 Å². The van der Waals surface area contributed by atoms with Crippen molar-refractivity contribution in [1.29, 1.82) is 0 Å². The Morgan fingerprint density at radius 1 is 1.29 bits per heavy atom. The predicted octanol–water partition coefficient (Wildman–Crippen LogP) is 1.93. The number of carbonyl (C=O) groups excluding carboxylic acids is 1. The molecule has 0 spiro atoms. The lowest BCUT2D eigenvalue weighted by molar-refractivity contribution is -0.120. The van der Waals surface area contributed by atoms with Gasteiger partial charge in [0.15, 0.2) is 9.84 Å². The van der Waals surface area contributed by atoms with Gasteiger partial charge in [0.2, 0.25) is 5.91 Å². The van der Waals surface area contributed by atoms with Crippen LogP contribution in [0.4, 0.5) is 0 Å². The van der Waals surface area contributed by atoms with Gasteiger partial charge in [0.05, 0.1) is 11.8 Å². The lowest BCUT2D eigenvalue weighted by atomic mass is 10.1. The molecule has 5 nitrogen and oxygen atoms in total. The molecule has 1 N–H and O–H groups in total. The molecule has 0 bridgehead atoms. The van der Waals surface area contributed by atoms with Crippen molar-refractivity contribution in [3.8, 4) is 0 Å². The molecule has 1 fully saturated rings. The second kappa shape index (κ2) is 8.44. The monoisotopic (exact) mass is 350 g/mol. The Morgan fingerprint density at radius 2 is 1.92 bits per heavy atom. The zero-order valence-corrected chi connectivity index (χ0v) is 15.0. The van der Waals surface area contributed by atoms with Crippen LogP contribution >= 0.6 is 0 Å². The van der Waals surface area contributed by atoms with Crippen LogP contribution in [0.2, 0.25) is 0 Å². The fourth-order valence-electron chi connectivity index (χ4n) is 3.00. The number of likely N-dealkylation sites (tertiary alicyclic amines) is 1. The van der Waals surface area contributed by atoms with Gasteiger partial charge < -0.3 is 5.32 Å². The molecule has 0 radical (unpaired) electrons. The van der Waals surface area contributed by atoms with E-state index in [4.69, 9.17) is 0 Å². The average Bonchev–Trinajstić information content (AvgIpc) is 3.09. The summed E-state index contributed by atoms with van der Waals surface area (Å²) in [5.41, 5.74) is 1.14. The van der Waals surface area contributed by atoms with Crippen molar-refractivity contribution in [2.24, 2.45) is 0 Å². The molecule has 132 valence electrons. The molecule has 6 heteroatoms. The van der Waals surface area contributed by atoms with Crippen LogP contribution in [-0.4, -0.2) is 49.9 Å². The van der Waals surface area contributed by atoms with E-state index < -0.39 is 21.0 Å². The topological polar surface area (TPSA) is 66.5 Å². The minimum Gasteiger partial charge on any atom is -0.353 e. The molecule has 1 amide bonds. The highest BCUT2D eigenvalue weighted by Crippen LogP contribution is 2.24. The second-order valence-electron chi connectivity index (χ2n) is 6.18. The Labute approximate surface area is 144 Å². The summed E-state index contributed by atoms with van der Waals surface area (Å²) in [6.45, 7) is 7.28. The lowest BCUT2D eigenvalue weighted by Crippen LogP contribution is -2.43. The van der Waals surface area contributed by atoms with Gasteiger partial charge in [-0.15, -0.1) is 6.58 Å². The fraction of sp³-hybridized carbons (Fsp3) is 0.500. The molecule has 1 aromatic rings. The van der Waals surface area contributed by atoms with Gasteiger partial charge in [0.1, 0.15) is 5.25 Å². The van der Waals surface area contributed by atoms with Crippen molar-refractivity contribution in [3.05, 3.63) is 48.6 Å². The molecule has 1 aliphatic heterocycles. The van der Waals surface area contributed by atoms with Gasteiger partial charge in [-0.1, -0.05) is 36.4 Å². The normalized spacial score (nSPS) is 18.0. The highest BCUT2D eigenvalue weighted by molar-refractivity contribution is 7.92. The summed E-state index contributed by atoms with van der Waals surface area (Å²) in [5.74, 6) is -0.632. The summed E-state index contributed by atoms with van der Waals surface area (Å²) in [7, 11) is -3.48. The number of hydrogen-bond acceptors (Lipinski definition) is 4. The third-order valence-corrected chi connectivity index (χ3v) is 6.49. The minimum absolute atomic E-state index is 0.0759. The van der Waals surface area contributed by atoms with Crippen LogP contribution in [0, 0.1) is 0 Å². The fourth-order valence-corrected chi connectivity index (χ4v) is 4.03. The van der Waals surface area contributed by atoms with Crippen molar-refractivity contribution >= 4 is 15.7 Å². The van der Waals surface area contributed by atoms with E-state index in [1.165, 1.54) is 13.0 Å². The Kier molecular flexibility index (Phi) is 6.57.